The minimum absolute atomic E-state index is 0.0427. The fourth-order valence-electron chi connectivity index (χ4n) is 6.21. The number of carbonyl (C=O) groups excluding carboxylic acids is 2. The van der Waals surface area contributed by atoms with E-state index in [1.54, 1.807) is 0 Å². The molecule has 2 amide bonds. The summed E-state index contributed by atoms with van der Waals surface area (Å²) in [5.74, 6) is 2.52. The summed E-state index contributed by atoms with van der Waals surface area (Å²) in [5.41, 5.74) is 1.05. The average Bonchev–Trinajstić information content (AvgIpc) is 2.98. The van der Waals surface area contributed by atoms with Gasteiger partial charge in [0, 0.05) is 38.1 Å². The monoisotopic (exact) mass is 583 g/mol. The summed E-state index contributed by atoms with van der Waals surface area (Å²) in [6, 6.07) is 9.85. The third-order valence-electron chi connectivity index (χ3n) is 8.62. The van der Waals surface area contributed by atoms with Crippen molar-refractivity contribution in [3.8, 4) is 0 Å². The SMILES string of the molecule is CC(C)(C)OC(=O)NCC1CCC(CCNC(=O)c2cc(N3CCC(CCNCCF)CC3)nc3ccccc23)CC1. The Hall–Kier alpha value is -2.94. The van der Waals surface area contributed by atoms with Crippen molar-refractivity contribution in [3.63, 3.8) is 0 Å². The van der Waals surface area contributed by atoms with Crippen LogP contribution in [0.25, 0.3) is 10.9 Å². The number of pyridine rings is 1. The number of rotatable bonds is 12. The summed E-state index contributed by atoms with van der Waals surface area (Å²) < 4.78 is 17.7. The van der Waals surface area contributed by atoms with E-state index in [2.05, 4.69) is 20.9 Å². The van der Waals surface area contributed by atoms with Gasteiger partial charge in [-0.05, 0) is 95.7 Å². The van der Waals surface area contributed by atoms with E-state index in [1.165, 1.54) is 0 Å². The fraction of sp³-hybridized carbons (Fsp3) is 0.667. The van der Waals surface area contributed by atoms with Gasteiger partial charge in [0.1, 0.15) is 18.1 Å². The van der Waals surface area contributed by atoms with E-state index in [-0.39, 0.29) is 18.7 Å². The Balaban J connectivity index is 1.25. The zero-order valence-corrected chi connectivity index (χ0v) is 25.7. The molecule has 232 valence electrons. The lowest BCUT2D eigenvalue weighted by atomic mass is 9.80. The highest BCUT2D eigenvalue weighted by Crippen LogP contribution is 2.31. The number of alkyl halides is 1. The summed E-state index contributed by atoms with van der Waals surface area (Å²) in [6.45, 7) is 9.72. The first kappa shape index (κ1) is 32.0. The number of halogens is 1. The number of para-hydroxylation sites is 1. The van der Waals surface area contributed by atoms with Gasteiger partial charge >= 0.3 is 6.09 Å². The second-order valence-corrected chi connectivity index (χ2v) is 13.0. The van der Waals surface area contributed by atoms with Crippen molar-refractivity contribution in [1.82, 2.24) is 20.9 Å². The molecule has 2 heterocycles. The minimum atomic E-state index is -0.482. The molecule has 1 aliphatic heterocycles. The number of amides is 2. The number of fused-ring (bicyclic) bond motifs is 1. The van der Waals surface area contributed by atoms with E-state index >= 15 is 0 Å². The highest BCUT2D eigenvalue weighted by atomic mass is 19.1. The number of piperidine rings is 1. The number of carbonyl (C=O) groups is 2. The molecule has 9 heteroatoms. The standard InChI is InChI=1S/C33H50FN5O3/c1-33(2,3)42-32(41)37-23-26-10-8-24(9-11-26)13-18-36-31(40)28-22-30(38-29-7-5-4-6-27(28)29)39-20-14-25(15-21-39)12-17-35-19-16-34/h4-7,22,24-26,35H,8-21,23H2,1-3H3,(H,36,40)(H,37,41). The van der Waals surface area contributed by atoms with Crippen LogP contribution in [0.4, 0.5) is 15.0 Å². The van der Waals surface area contributed by atoms with Gasteiger partial charge in [0.05, 0.1) is 11.1 Å². The number of hydrogen-bond acceptors (Lipinski definition) is 6. The van der Waals surface area contributed by atoms with E-state index in [0.29, 0.717) is 43.0 Å². The van der Waals surface area contributed by atoms with Crippen LogP contribution in [0.3, 0.4) is 0 Å². The van der Waals surface area contributed by atoms with Crippen LogP contribution in [-0.4, -0.2) is 68.5 Å². The lowest BCUT2D eigenvalue weighted by molar-refractivity contribution is 0.0513. The van der Waals surface area contributed by atoms with E-state index in [9.17, 15) is 14.0 Å². The Labute approximate surface area is 250 Å². The second kappa shape index (κ2) is 15.5. The zero-order valence-electron chi connectivity index (χ0n) is 25.7. The highest BCUT2D eigenvalue weighted by Gasteiger charge is 2.24. The van der Waals surface area contributed by atoms with Crippen LogP contribution in [-0.2, 0) is 4.74 Å². The fourth-order valence-corrected chi connectivity index (χ4v) is 6.21. The molecule has 4 rings (SSSR count). The van der Waals surface area contributed by atoms with Gasteiger partial charge in [-0.25, -0.2) is 14.2 Å². The molecule has 1 saturated heterocycles. The highest BCUT2D eigenvalue weighted by molar-refractivity contribution is 6.07. The summed E-state index contributed by atoms with van der Waals surface area (Å²) in [4.78, 5) is 32.6. The molecule has 0 bridgehead atoms. The van der Waals surface area contributed by atoms with E-state index in [1.807, 2.05) is 51.1 Å². The van der Waals surface area contributed by atoms with Crippen molar-refractivity contribution >= 4 is 28.7 Å². The van der Waals surface area contributed by atoms with Gasteiger partial charge in [0.25, 0.3) is 5.91 Å². The molecular weight excluding hydrogens is 533 g/mol. The van der Waals surface area contributed by atoms with Crippen LogP contribution in [0, 0.1) is 17.8 Å². The Morgan fingerprint density at radius 2 is 1.60 bits per heavy atom. The predicted octanol–water partition coefficient (Wildman–Crippen LogP) is 5.85. The maximum absolute atomic E-state index is 13.4. The van der Waals surface area contributed by atoms with Gasteiger partial charge < -0.3 is 25.6 Å². The van der Waals surface area contributed by atoms with E-state index < -0.39 is 5.60 Å². The molecule has 2 aliphatic rings. The Kier molecular flexibility index (Phi) is 11.8. The lowest BCUT2D eigenvalue weighted by Crippen LogP contribution is -2.36. The first-order valence-corrected chi connectivity index (χ1v) is 15.9. The van der Waals surface area contributed by atoms with Crippen LogP contribution >= 0.6 is 0 Å². The zero-order chi connectivity index (χ0) is 30.0. The number of alkyl carbamates (subject to hydrolysis) is 1. The summed E-state index contributed by atoms with van der Waals surface area (Å²) >= 11 is 0. The van der Waals surface area contributed by atoms with Crippen LogP contribution in [0.2, 0.25) is 0 Å². The van der Waals surface area contributed by atoms with Gasteiger partial charge in [-0.15, -0.1) is 0 Å². The van der Waals surface area contributed by atoms with Crippen molar-refractivity contribution in [2.24, 2.45) is 17.8 Å². The third kappa shape index (κ3) is 9.82. The summed E-state index contributed by atoms with van der Waals surface area (Å²) in [6.07, 6.45) is 8.22. The van der Waals surface area contributed by atoms with Crippen LogP contribution < -0.4 is 20.9 Å². The quantitative estimate of drug-likeness (QED) is 0.271. The molecule has 2 aromatic rings. The number of nitrogens with zero attached hydrogens (tertiary/aromatic N) is 2. The number of nitrogens with one attached hydrogen (secondary N) is 3. The maximum Gasteiger partial charge on any atom is 0.407 e. The third-order valence-corrected chi connectivity index (χ3v) is 8.62. The number of aromatic nitrogens is 1. The summed E-state index contributed by atoms with van der Waals surface area (Å²) in [5, 5.41) is 10.1. The van der Waals surface area contributed by atoms with Crippen molar-refractivity contribution in [3.05, 3.63) is 35.9 Å². The molecule has 0 spiro atoms. The number of anilines is 1. The largest absolute Gasteiger partial charge is 0.444 e. The smallest absolute Gasteiger partial charge is 0.407 e. The van der Waals surface area contributed by atoms with Crippen LogP contribution in [0.5, 0.6) is 0 Å². The molecular formula is C33H50FN5O3. The van der Waals surface area contributed by atoms with Crippen molar-refractivity contribution < 1.29 is 18.7 Å². The first-order valence-electron chi connectivity index (χ1n) is 15.9. The topological polar surface area (TPSA) is 95.6 Å². The Morgan fingerprint density at radius 3 is 2.31 bits per heavy atom. The summed E-state index contributed by atoms with van der Waals surface area (Å²) in [7, 11) is 0. The minimum Gasteiger partial charge on any atom is -0.444 e. The molecule has 2 fully saturated rings. The molecule has 1 aromatic heterocycles. The van der Waals surface area contributed by atoms with Crippen LogP contribution in [0.1, 0.15) is 82.5 Å². The molecule has 42 heavy (non-hydrogen) atoms. The van der Waals surface area contributed by atoms with Crippen molar-refractivity contribution in [2.45, 2.75) is 77.7 Å². The normalized spacial score (nSPS) is 20.0. The molecule has 1 saturated carbocycles. The molecule has 1 aliphatic carbocycles. The molecule has 0 unspecified atom stereocenters. The Morgan fingerprint density at radius 1 is 0.929 bits per heavy atom. The van der Waals surface area contributed by atoms with Gasteiger partial charge in [-0.3, -0.25) is 4.79 Å². The van der Waals surface area contributed by atoms with Gasteiger partial charge in [-0.1, -0.05) is 31.0 Å². The molecule has 1 aromatic carbocycles. The molecule has 0 radical (unpaired) electrons. The first-order chi connectivity index (χ1) is 20.2. The molecule has 3 N–H and O–H groups in total. The van der Waals surface area contributed by atoms with Gasteiger partial charge in [0.15, 0.2) is 0 Å². The predicted molar refractivity (Wildman–Crippen MR) is 167 cm³/mol. The maximum atomic E-state index is 13.4. The Bertz CT molecular complexity index is 1150. The number of hydrogen-bond donors (Lipinski definition) is 3. The lowest BCUT2D eigenvalue weighted by Gasteiger charge is -2.33. The van der Waals surface area contributed by atoms with Crippen molar-refractivity contribution in [1.29, 1.82) is 0 Å². The van der Waals surface area contributed by atoms with E-state index in [4.69, 9.17) is 9.72 Å². The molecule has 8 nitrogen and oxygen atoms in total. The van der Waals surface area contributed by atoms with Gasteiger partial charge in [0.2, 0.25) is 0 Å². The van der Waals surface area contributed by atoms with Crippen LogP contribution in [0.15, 0.2) is 30.3 Å². The van der Waals surface area contributed by atoms with E-state index in [0.717, 1.165) is 87.7 Å². The van der Waals surface area contributed by atoms with Crippen molar-refractivity contribution in [2.75, 3.05) is 50.8 Å². The second-order valence-electron chi connectivity index (χ2n) is 13.0. The average molecular weight is 584 g/mol. The number of ether oxygens (including phenoxy) is 1. The number of benzene rings is 1. The molecule has 0 atom stereocenters. The van der Waals surface area contributed by atoms with Gasteiger partial charge in [-0.2, -0.15) is 0 Å².